The summed E-state index contributed by atoms with van der Waals surface area (Å²) < 4.78 is 6.30. The monoisotopic (exact) mass is 1860 g/mol. The van der Waals surface area contributed by atoms with Gasteiger partial charge in [-0.15, -0.1) is 0 Å². The normalized spacial score (nSPS) is 18.4. The molecule has 2 atom stereocenters. The molecule has 690 valence electrons. The molecule has 7 aliphatic heterocycles. The third-order valence-corrected chi connectivity index (χ3v) is 29.5. The number of nitrogens with one attached hydrogen (secondary N) is 8. The van der Waals surface area contributed by atoms with Crippen molar-refractivity contribution in [2.24, 2.45) is 0 Å². The van der Waals surface area contributed by atoms with E-state index in [2.05, 4.69) is 214 Å². The van der Waals surface area contributed by atoms with Gasteiger partial charge in [0, 0.05) is 151 Å². The molecule has 8 N–H and O–H groups in total. The first-order valence-corrected chi connectivity index (χ1v) is 49.1. The largest absolute Gasteiger partial charge is 0.497 e. The molecule has 22 rings (SSSR count). The van der Waals surface area contributed by atoms with E-state index in [-0.39, 0.29) is 33.4 Å². The van der Waals surface area contributed by atoms with Crippen LogP contribution < -0.4 is 48.7 Å². The highest BCUT2D eigenvalue weighted by Gasteiger charge is 2.36. The van der Waals surface area contributed by atoms with Crippen LogP contribution in [-0.4, -0.2) is 162 Å². The first-order valence-electron chi connectivity index (χ1n) is 47.9. The lowest BCUT2D eigenvalue weighted by atomic mass is 9.86. The highest BCUT2D eigenvalue weighted by molar-refractivity contribution is 9.10. The number of pyridine rings is 6. The average molecular weight is 1870 g/mol. The average Bonchev–Trinajstić information content (AvgIpc) is 1.08. The molecule has 19 nitrogen and oxygen atoms in total. The predicted octanol–water partition coefficient (Wildman–Crippen LogP) is 21.6. The molecular weight excluding hydrogens is 1740 g/mol. The fourth-order valence-corrected chi connectivity index (χ4v) is 21.7. The second-order valence-electron chi connectivity index (χ2n) is 37.1. The Balaban J connectivity index is 0.000000116. The SMILES string of the molecule is CC.CN1CCC(c2[nH]c(=O)c3ccccc3c2-c2ccccc2)CC1.CN1CCC(c2cc3c(Br)cccc3c(=O)[nH]2)CC1.CN1CCC(c2cc3c(Cl)cccc3c(=O)[nH]2)CC1.COc1ccc(-c2c(C3CCN(C)CC3)[nH]c(=O)c3ccccc23)cc1.Cc1cccc2c(=O)[nH]c(C3CC4CCC(C3)N4)cc12.O=c1[nH]c(C2CCNCC2)c(-c2ccccc2)c2ccccc12. The van der Waals surface area contributed by atoms with Crippen molar-refractivity contribution in [2.45, 2.75) is 158 Å². The summed E-state index contributed by atoms with van der Waals surface area (Å²) in [5.41, 5.74) is 14.8. The van der Waals surface area contributed by atoms with Crippen LogP contribution in [0.2, 0.25) is 5.02 Å². The molecule has 2 unspecified atom stereocenters. The molecule has 9 aromatic carbocycles. The van der Waals surface area contributed by atoms with E-state index in [1.807, 2.05) is 141 Å². The molecular formula is C112H126BrClN12O7. The van der Waals surface area contributed by atoms with Gasteiger partial charge in [-0.2, -0.15) is 0 Å². The van der Waals surface area contributed by atoms with Gasteiger partial charge in [-0.3, -0.25) is 28.8 Å². The third kappa shape index (κ3) is 22.2. The molecule has 7 aliphatic rings. The number of hydrogen-bond acceptors (Lipinski definition) is 13. The van der Waals surface area contributed by atoms with E-state index in [1.54, 1.807) is 7.11 Å². The summed E-state index contributed by atoms with van der Waals surface area (Å²) in [7, 11) is 10.3. The van der Waals surface area contributed by atoms with Crippen molar-refractivity contribution in [3.63, 3.8) is 0 Å². The summed E-state index contributed by atoms with van der Waals surface area (Å²) in [6, 6.07) is 77.6. The number of likely N-dealkylation sites (tertiary alicyclic amines) is 4. The maximum absolute atomic E-state index is 12.7. The standard InChI is InChI=1S/C22H24N2O2.C21H22N2O.C20H20N2O.C17H20N2O.C15H17BrN2O.C15H17ClN2O.C2H6/c1-24-13-11-16(12-14-24)21-20(15-7-9-17(26-2)10-8-15)18-5-3-4-6-19(18)22(25)23-21;1-23-13-11-16(12-14-23)20-19(15-7-3-2-4-8-15)17-9-5-6-10-18(17)21(24)22-20;23-20-17-9-5-4-8-16(17)18(14-6-2-1-3-7-14)19(22-20)15-10-12-21-13-11-15;1-10-3-2-4-14-15(10)9-16(19-17(14)20)11-7-12-5-6-13(8-11)18-12;2*1-18-7-5-10(6-8-18)14-9-12-11(15(19)17-14)3-2-4-13(12)16;1-2/h3-10,16H,11-14H2,1-2H3,(H,23,25);2-10,16H,11-14H2,1H3,(H,22,24);1-9,15,21H,10-13H2,(H,22,23);2-4,9,11-13,18H,5-8H2,1H3,(H,19,20);2*2-4,9-10H,5-8H2,1H3,(H,17,19);1-2H3. The Morgan fingerprint density at radius 1 is 0.316 bits per heavy atom. The second kappa shape index (κ2) is 44.2. The lowest BCUT2D eigenvalue weighted by Gasteiger charge is -2.30. The lowest BCUT2D eigenvalue weighted by Crippen LogP contribution is -2.37. The summed E-state index contributed by atoms with van der Waals surface area (Å²) in [5.74, 6) is 3.44. The van der Waals surface area contributed by atoms with Crippen molar-refractivity contribution in [2.75, 3.05) is 101 Å². The predicted molar refractivity (Wildman–Crippen MR) is 554 cm³/mol. The summed E-state index contributed by atoms with van der Waals surface area (Å²) in [6.45, 7) is 16.7. The van der Waals surface area contributed by atoms with Gasteiger partial charge in [0.25, 0.3) is 33.4 Å². The highest BCUT2D eigenvalue weighted by atomic mass is 79.9. The number of benzene rings is 9. The fraction of sp³-hybridized carbons (Fsp3) is 0.357. The molecule has 7 fully saturated rings. The van der Waals surface area contributed by atoms with Gasteiger partial charge < -0.3 is 64.9 Å². The number of rotatable bonds is 10. The number of H-pyrrole nitrogens is 6. The van der Waals surface area contributed by atoms with Crippen molar-refractivity contribution < 1.29 is 4.74 Å². The van der Waals surface area contributed by atoms with Crippen molar-refractivity contribution in [3.05, 3.63) is 342 Å². The Morgan fingerprint density at radius 2 is 0.624 bits per heavy atom. The first-order chi connectivity index (χ1) is 64.7. The summed E-state index contributed by atoms with van der Waals surface area (Å²) in [4.78, 5) is 103. The van der Waals surface area contributed by atoms with E-state index >= 15 is 0 Å². The highest BCUT2D eigenvalue weighted by Crippen LogP contribution is 2.43. The van der Waals surface area contributed by atoms with Gasteiger partial charge >= 0.3 is 0 Å². The van der Waals surface area contributed by atoms with Crippen LogP contribution in [0.1, 0.15) is 179 Å². The Hall–Kier alpha value is -11.4. The van der Waals surface area contributed by atoms with Crippen LogP contribution in [0.25, 0.3) is 98.0 Å². The Morgan fingerprint density at radius 3 is 1.04 bits per heavy atom. The minimum Gasteiger partial charge on any atom is -0.497 e. The number of fused-ring (bicyclic) bond motifs is 8. The first kappa shape index (κ1) is 94.8. The maximum Gasteiger partial charge on any atom is 0.256 e. The third-order valence-electron chi connectivity index (χ3n) is 28.4. The van der Waals surface area contributed by atoms with Crippen molar-refractivity contribution in [1.82, 2.24) is 60.1 Å². The Labute approximate surface area is 791 Å². The number of nitrogens with zero attached hydrogens (tertiary/aromatic N) is 4. The number of halogens is 2. The van der Waals surface area contributed by atoms with Crippen LogP contribution in [0.5, 0.6) is 5.75 Å². The zero-order valence-corrected chi connectivity index (χ0v) is 80.3. The summed E-state index contributed by atoms with van der Waals surface area (Å²) in [6.07, 6.45) is 15.7. The van der Waals surface area contributed by atoms with Gasteiger partial charge in [0.05, 0.1) is 7.11 Å². The molecule has 0 aliphatic carbocycles. The molecule has 0 radical (unpaired) electrons. The van der Waals surface area contributed by atoms with E-state index < -0.39 is 0 Å². The van der Waals surface area contributed by atoms with Crippen LogP contribution in [0.4, 0.5) is 0 Å². The van der Waals surface area contributed by atoms with Crippen LogP contribution in [0.3, 0.4) is 0 Å². The van der Waals surface area contributed by atoms with Gasteiger partial charge in [0.2, 0.25) is 0 Å². The van der Waals surface area contributed by atoms with Crippen LogP contribution in [0.15, 0.2) is 264 Å². The van der Waals surface area contributed by atoms with Gasteiger partial charge in [-0.25, -0.2) is 0 Å². The quantitative estimate of drug-likeness (QED) is 0.0636. The zero-order chi connectivity index (χ0) is 92.8. The van der Waals surface area contributed by atoms with Crippen LogP contribution in [-0.2, 0) is 0 Å². The second-order valence-corrected chi connectivity index (χ2v) is 38.3. The molecule has 133 heavy (non-hydrogen) atoms. The topological polar surface area (TPSA) is 243 Å². The summed E-state index contributed by atoms with van der Waals surface area (Å²) >= 11 is 9.74. The van der Waals surface area contributed by atoms with Crippen molar-refractivity contribution >= 4 is 92.2 Å². The molecule has 2 bridgehead atoms. The van der Waals surface area contributed by atoms with Crippen molar-refractivity contribution in [1.29, 1.82) is 0 Å². The van der Waals surface area contributed by atoms with E-state index in [1.165, 1.54) is 40.7 Å². The Kier molecular flexibility index (Phi) is 31.5. The molecule has 15 aromatic rings. The minimum atomic E-state index is -0.0334. The van der Waals surface area contributed by atoms with Gasteiger partial charge in [0.1, 0.15) is 5.75 Å². The number of aryl methyl sites for hydroxylation is 1. The number of ether oxygens (including phenoxy) is 1. The van der Waals surface area contributed by atoms with Gasteiger partial charge in [-0.05, 0) is 313 Å². The van der Waals surface area contributed by atoms with E-state index in [0.717, 1.165) is 257 Å². The van der Waals surface area contributed by atoms with E-state index in [4.69, 9.17) is 16.3 Å². The maximum atomic E-state index is 12.7. The lowest BCUT2D eigenvalue weighted by molar-refractivity contribution is 0.253. The van der Waals surface area contributed by atoms with Crippen LogP contribution >= 0.6 is 27.5 Å². The Bertz CT molecular complexity index is 6790. The number of piperidine rings is 6. The van der Waals surface area contributed by atoms with Crippen molar-refractivity contribution in [3.8, 4) is 39.1 Å². The smallest absolute Gasteiger partial charge is 0.256 e. The molecule has 13 heterocycles. The van der Waals surface area contributed by atoms with Gasteiger partial charge in [0.15, 0.2) is 0 Å². The van der Waals surface area contributed by atoms with Crippen LogP contribution in [0, 0.1) is 6.92 Å². The number of hydrogen-bond donors (Lipinski definition) is 8. The van der Waals surface area contributed by atoms with Gasteiger partial charge in [-0.1, -0.05) is 193 Å². The molecule has 6 aromatic heterocycles. The van der Waals surface area contributed by atoms with E-state index in [9.17, 15) is 28.8 Å². The van der Waals surface area contributed by atoms with E-state index in [0.29, 0.717) is 58.0 Å². The molecule has 0 spiro atoms. The molecule has 21 heteroatoms. The fourth-order valence-electron chi connectivity index (χ4n) is 21.0. The molecule has 7 saturated heterocycles. The molecule has 0 amide bonds. The summed E-state index contributed by atoms with van der Waals surface area (Å²) in [5, 5.41) is 18.4. The number of aromatic amines is 6. The zero-order valence-electron chi connectivity index (χ0n) is 77.9. The number of aromatic nitrogens is 6. The molecule has 0 saturated carbocycles. The minimum absolute atomic E-state index is 0.00629. The number of methoxy groups -OCH3 is 1.